The average molecular weight is 397 g/mol. The normalized spacial score (nSPS) is 14.2. The van der Waals surface area contributed by atoms with Crippen molar-refractivity contribution in [3.63, 3.8) is 0 Å². The molecule has 1 aliphatic heterocycles. The molecule has 30 heavy (non-hydrogen) atoms. The van der Waals surface area contributed by atoms with Crippen LogP contribution < -0.4 is 14.5 Å². The second-order valence-electron chi connectivity index (χ2n) is 7.27. The number of ether oxygens (including phenoxy) is 1. The lowest BCUT2D eigenvalue weighted by Crippen LogP contribution is -2.47. The summed E-state index contributed by atoms with van der Waals surface area (Å²) in [6.07, 6.45) is 3.55. The lowest BCUT2D eigenvalue weighted by atomic mass is 10.1. The largest absolute Gasteiger partial charge is 0.495 e. The molecular formula is C24H23N5O. The Kier molecular flexibility index (Phi) is 4.89. The number of aromatic nitrogens is 3. The Morgan fingerprint density at radius 2 is 1.47 bits per heavy atom. The molecule has 6 nitrogen and oxygen atoms in total. The van der Waals surface area contributed by atoms with Crippen LogP contribution in [0.3, 0.4) is 0 Å². The number of para-hydroxylation sites is 3. The summed E-state index contributed by atoms with van der Waals surface area (Å²) in [6, 6.07) is 20.3. The minimum atomic E-state index is 0.734. The third kappa shape index (κ3) is 3.41. The highest BCUT2D eigenvalue weighted by molar-refractivity contribution is 5.91. The van der Waals surface area contributed by atoms with Crippen molar-refractivity contribution in [2.75, 3.05) is 43.1 Å². The number of benzene rings is 2. The zero-order valence-corrected chi connectivity index (χ0v) is 16.9. The fourth-order valence-electron chi connectivity index (χ4n) is 3.98. The molecule has 0 unspecified atom stereocenters. The van der Waals surface area contributed by atoms with Crippen LogP contribution in [-0.2, 0) is 0 Å². The zero-order chi connectivity index (χ0) is 20.3. The molecule has 1 saturated heterocycles. The van der Waals surface area contributed by atoms with Crippen LogP contribution in [0.25, 0.3) is 22.3 Å². The van der Waals surface area contributed by atoms with Crippen LogP contribution in [0.15, 0.2) is 73.1 Å². The minimum Gasteiger partial charge on any atom is -0.495 e. The fraction of sp³-hybridized carbons (Fsp3) is 0.208. The highest BCUT2D eigenvalue weighted by atomic mass is 16.5. The number of rotatable bonds is 4. The Bertz CT molecular complexity index is 1160. The number of methoxy groups -OCH3 is 1. The fourth-order valence-corrected chi connectivity index (χ4v) is 3.98. The zero-order valence-electron chi connectivity index (χ0n) is 16.9. The van der Waals surface area contributed by atoms with E-state index < -0.39 is 0 Å². The molecule has 1 fully saturated rings. The standard InChI is InChI=1S/C24H23N5O/c1-30-22-9-5-4-8-21(22)28-14-16-29(17-15-28)24-19-6-2-3-7-20(19)26-23(27-24)18-10-12-25-13-11-18/h2-13H,14-17H2,1H3. The van der Waals surface area contributed by atoms with Gasteiger partial charge >= 0.3 is 0 Å². The lowest BCUT2D eigenvalue weighted by molar-refractivity contribution is 0.413. The summed E-state index contributed by atoms with van der Waals surface area (Å²) in [4.78, 5) is 18.6. The quantitative estimate of drug-likeness (QED) is 0.518. The Balaban J connectivity index is 1.47. The maximum atomic E-state index is 5.55. The minimum absolute atomic E-state index is 0.734. The van der Waals surface area contributed by atoms with E-state index in [9.17, 15) is 0 Å². The highest BCUT2D eigenvalue weighted by Gasteiger charge is 2.22. The summed E-state index contributed by atoms with van der Waals surface area (Å²) < 4.78 is 5.55. The van der Waals surface area contributed by atoms with Crippen molar-refractivity contribution in [3.05, 3.63) is 73.1 Å². The van der Waals surface area contributed by atoms with Gasteiger partial charge in [0.05, 0.1) is 18.3 Å². The molecule has 5 rings (SSSR count). The summed E-state index contributed by atoms with van der Waals surface area (Å²) in [5.41, 5.74) is 3.08. The maximum absolute atomic E-state index is 5.55. The van der Waals surface area contributed by atoms with E-state index in [1.807, 2.05) is 36.4 Å². The molecule has 2 aromatic heterocycles. The molecule has 0 N–H and O–H groups in total. The predicted octanol–water partition coefficient (Wildman–Crippen LogP) is 4.03. The number of hydrogen-bond acceptors (Lipinski definition) is 6. The molecule has 0 atom stereocenters. The first-order chi connectivity index (χ1) is 14.8. The lowest BCUT2D eigenvalue weighted by Gasteiger charge is -2.37. The van der Waals surface area contributed by atoms with Crippen LogP contribution >= 0.6 is 0 Å². The molecule has 2 aromatic carbocycles. The highest BCUT2D eigenvalue weighted by Crippen LogP contribution is 2.31. The van der Waals surface area contributed by atoms with Gasteiger partial charge in [0.1, 0.15) is 11.6 Å². The van der Waals surface area contributed by atoms with Crippen LogP contribution in [0.4, 0.5) is 11.5 Å². The summed E-state index contributed by atoms with van der Waals surface area (Å²) in [5, 5.41) is 1.08. The molecule has 0 saturated carbocycles. The van der Waals surface area contributed by atoms with Gasteiger partial charge in [-0.3, -0.25) is 4.98 Å². The Labute approximate surface area is 175 Å². The second kappa shape index (κ2) is 7.99. The molecule has 0 bridgehead atoms. The number of pyridine rings is 1. The first-order valence-corrected chi connectivity index (χ1v) is 10.1. The van der Waals surface area contributed by atoms with Crippen LogP contribution in [0, 0.1) is 0 Å². The molecule has 0 aliphatic carbocycles. The van der Waals surface area contributed by atoms with E-state index in [0.29, 0.717) is 0 Å². The van der Waals surface area contributed by atoms with E-state index in [2.05, 4.69) is 39.0 Å². The summed E-state index contributed by atoms with van der Waals surface area (Å²) in [5.74, 6) is 2.64. The van der Waals surface area contributed by atoms with E-state index >= 15 is 0 Å². The number of fused-ring (bicyclic) bond motifs is 1. The number of nitrogens with zero attached hydrogens (tertiary/aromatic N) is 5. The van der Waals surface area contributed by atoms with Gasteiger partial charge < -0.3 is 14.5 Å². The van der Waals surface area contributed by atoms with E-state index in [1.54, 1.807) is 19.5 Å². The van der Waals surface area contributed by atoms with Crippen molar-refractivity contribution in [1.82, 2.24) is 15.0 Å². The van der Waals surface area contributed by atoms with Crippen LogP contribution in [0.1, 0.15) is 0 Å². The van der Waals surface area contributed by atoms with E-state index in [-0.39, 0.29) is 0 Å². The first-order valence-electron chi connectivity index (χ1n) is 10.1. The van der Waals surface area contributed by atoms with Crippen LogP contribution in [-0.4, -0.2) is 48.2 Å². The van der Waals surface area contributed by atoms with Gasteiger partial charge in [-0.2, -0.15) is 0 Å². The van der Waals surface area contributed by atoms with Crippen molar-refractivity contribution in [3.8, 4) is 17.1 Å². The van der Waals surface area contributed by atoms with Gasteiger partial charge in [-0.25, -0.2) is 9.97 Å². The van der Waals surface area contributed by atoms with Gasteiger partial charge in [-0.1, -0.05) is 24.3 Å². The Morgan fingerprint density at radius 1 is 0.767 bits per heavy atom. The van der Waals surface area contributed by atoms with Crippen molar-refractivity contribution >= 4 is 22.4 Å². The summed E-state index contributed by atoms with van der Waals surface area (Å²) in [7, 11) is 1.72. The molecule has 4 aromatic rings. The van der Waals surface area contributed by atoms with Crippen molar-refractivity contribution in [2.45, 2.75) is 0 Å². The van der Waals surface area contributed by atoms with Crippen LogP contribution in [0.2, 0.25) is 0 Å². The second-order valence-corrected chi connectivity index (χ2v) is 7.27. The maximum Gasteiger partial charge on any atom is 0.162 e. The average Bonchev–Trinajstić information content (AvgIpc) is 2.84. The van der Waals surface area contributed by atoms with E-state index in [0.717, 1.165) is 65.7 Å². The molecule has 0 amide bonds. The van der Waals surface area contributed by atoms with Gasteiger partial charge in [-0.05, 0) is 36.4 Å². The molecule has 1 aliphatic rings. The smallest absolute Gasteiger partial charge is 0.162 e. The molecular weight excluding hydrogens is 374 g/mol. The van der Waals surface area contributed by atoms with Gasteiger partial charge in [0, 0.05) is 49.5 Å². The van der Waals surface area contributed by atoms with Crippen molar-refractivity contribution in [2.24, 2.45) is 0 Å². The van der Waals surface area contributed by atoms with Gasteiger partial charge in [0.2, 0.25) is 0 Å². The topological polar surface area (TPSA) is 54.4 Å². The van der Waals surface area contributed by atoms with Gasteiger partial charge in [-0.15, -0.1) is 0 Å². The molecule has 3 heterocycles. The SMILES string of the molecule is COc1ccccc1N1CCN(c2nc(-c3ccncc3)nc3ccccc23)CC1. The molecule has 150 valence electrons. The Hall–Kier alpha value is -3.67. The van der Waals surface area contributed by atoms with Gasteiger partial charge in [0.25, 0.3) is 0 Å². The predicted molar refractivity (Wildman–Crippen MR) is 120 cm³/mol. The van der Waals surface area contributed by atoms with E-state index in [4.69, 9.17) is 14.7 Å². The number of piperazine rings is 1. The number of anilines is 2. The van der Waals surface area contributed by atoms with Crippen LogP contribution in [0.5, 0.6) is 5.75 Å². The number of hydrogen-bond donors (Lipinski definition) is 0. The molecule has 6 heteroatoms. The van der Waals surface area contributed by atoms with Gasteiger partial charge in [0.15, 0.2) is 5.82 Å². The van der Waals surface area contributed by atoms with Crippen molar-refractivity contribution < 1.29 is 4.74 Å². The summed E-state index contributed by atoms with van der Waals surface area (Å²) >= 11 is 0. The molecule has 0 radical (unpaired) electrons. The van der Waals surface area contributed by atoms with E-state index in [1.165, 1.54) is 0 Å². The molecule has 0 spiro atoms. The Morgan fingerprint density at radius 3 is 2.27 bits per heavy atom. The summed E-state index contributed by atoms with van der Waals surface area (Å²) in [6.45, 7) is 3.58. The third-order valence-electron chi connectivity index (χ3n) is 5.53. The third-order valence-corrected chi connectivity index (χ3v) is 5.53. The van der Waals surface area contributed by atoms with Crippen molar-refractivity contribution in [1.29, 1.82) is 0 Å². The first kappa shape index (κ1) is 18.4. The monoisotopic (exact) mass is 397 g/mol.